The summed E-state index contributed by atoms with van der Waals surface area (Å²) in [7, 11) is 1.99. The Bertz CT molecular complexity index is 769. The molecular weight excluding hydrogens is 280 g/mol. The molecule has 23 heavy (non-hydrogen) atoms. The molecule has 2 aliphatic carbocycles. The van der Waals surface area contributed by atoms with Crippen molar-refractivity contribution in [1.82, 2.24) is 4.98 Å². The molecule has 0 bridgehead atoms. The average molecular weight is 307 g/mol. The molecule has 1 fully saturated rings. The summed E-state index contributed by atoms with van der Waals surface area (Å²) >= 11 is 0. The first-order valence-corrected chi connectivity index (χ1v) is 8.77. The lowest BCUT2D eigenvalue weighted by Gasteiger charge is -2.55. The number of rotatable bonds is 2. The monoisotopic (exact) mass is 307 g/mol. The van der Waals surface area contributed by atoms with E-state index in [9.17, 15) is 0 Å². The summed E-state index contributed by atoms with van der Waals surface area (Å²) in [5.41, 5.74) is 4.52. The van der Waals surface area contributed by atoms with Crippen molar-refractivity contribution in [3.63, 3.8) is 0 Å². The highest BCUT2D eigenvalue weighted by Crippen LogP contribution is 2.62. The van der Waals surface area contributed by atoms with Crippen LogP contribution in [0.1, 0.15) is 50.8 Å². The molecule has 0 saturated heterocycles. The molecule has 2 aliphatic rings. The fraction of sp³-hybridized carbons (Fsp3) is 0.524. The van der Waals surface area contributed by atoms with Crippen LogP contribution in [0.2, 0.25) is 0 Å². The molecule has 1 aromatic carbocycles. The molecule has 1 aromatic heterocycles. The van der Waals surface area contributed by atoms with Crippen molar-refractivity contribution >= 4 is 10.9 Å². The number of benzene rings is 1. The third kappa shape index (κ3) is 1.79. The van der Waals surface area contributed by atoms with Crippen molar-refractivity contribution in [3.05, 3.63) is 53.5 Å². The zero-order chi connectivity index (χ0) is 16.4. The Hall–Kier alpha value is -1.54. The van der Waals surface area contributed by atoms with Gasteiger partial charge >= 0.3 is 0 Å². The number of nitrogens with one attached hydrogen (secondary N) is 1. The van der Waals surface area contributed by atoms with Crippen molar-refractivity contribution < 1.29 is 0 Å². The third-order valence-electron chi connectivity index (χ3n) is 6.84. The summed E-state index contributed by atoms with van der Waals surface area (Å²) in [6, 6.07) is 9.07. The minimum absolute atomic E-state index is 0.103. The Balaban J connectivity index is 1.97. The van der Waals surface area contributed by atoms with Crippen molar-refractivity contribution in [2.75, 3.05) is 7.05 Å². The number of fused-ring (bicyclic) bond motifs is 5. The molecule has 1 saturated carbocycles. The van der Waals surface area contributed by atoms with Crippen LogP contribution in [-0.2, 0) is 5.41 Å². The smallest absolute Gasteiger partial charge is 0.0459 e. The summed E-state index contributed by atoms with van der Waals surface area (Å²) in [5, 5.41) is 6.27. The van der Waals surface area contributed by atoms with Gasteiger partial charge in [0.05, 0.1) is 0 Å². The van der Waals surface area contributed by atoms with E-state index in [-0.39, 0.29) is 10.8 Å². The molecule has 0 unspecified atom stereocenters. The molecular formula is C21H27N2-. The Morgan fingerprint density at radius 1 is 1.26 bits per heavy atom. The quantitative estimate of drug-likeness (QED) is 0.708. The van der Waals surface area contributed by atoms with Gasteiger partial charge in [-0.3, -0.25) is 0 Å². The lowest BCUT2D eigenvalue weighted by molar-refractivity contribution is 0.139. The standard InChI is InChI=1S/C21H27N2/c1-6-21(4)12-11-14-17(19(21)22-5)16-13-9-7-8-10-15(13)23-18(16)20(14,2)3/h6-10,14,17,19,23H,1,11-12H2,2-5H3/q-1/t14-,17-,19+,21+/m0/s1. The summed E-state index contributed by atoms with van der Waals surface area (Å²) in [6.07, 6.45) is 4.59. The fourth-order valence-corrected chi connectivity index (χ4v) is 5.47. The first kappa shape index (κ1) is 15.0. The van der Waals surface area contributed by atoms with E-state index in [0.29, 0.717) is 17.9 Å². The summed E-state index contributed by atoms with van der Waals surface area (Å²) in [4.78, 5) is 3.75. The molecule has 0 radical (unpaired) electrons. The van der Waals surface area contributed by atoms with E-state index in [2.05, 4.69) is 62.7 Å². The molecule has 2 heteroatoms. The van der Waals surface area contributed by atoms with E-state index in [4.69, 9.17) is 5.32 Å². The van der Waals surface area contributed by atoms with E-state index in [1.165, 1.54) is 35.0 Å². The minimum atomic E-state index is 0.103. The number of nitrogens with zero attached hydrogens (tertiary/aromatic N) is 1. The Kier molecular flexibility index (Phi) is 3.09. The Morgan fingerprint density at radius 2 is 2.00 bits per heavy atom. The van der Waals surface area contributed by atoms with Crippen LogP contribution in [0.15, 0.2) is 36.9 Å². The van der Waals surface area contributed by atoms with Gasteiger partial charge in [-0.15, -0.1) is 12.6 Å². The van der Waals surface area contributed by atoms with Crippen LogP contribution < -0.4 is 0 Å². The summed E-state index contributed by atoms with van der Waals surface area (Å²) < 4.78 is 0. The molecule has 2 nitrogen and oxygen atoms in total. The van der Waals surface area contributed by atoms with Gasteiger partial charge in [-0.1, -0.05) is 45.0 Å². The van der Waals surface area contributed by atoms with Crippen LogP contribution >= 0.6 is 0 Å². The van der Waals surface area contributed by atoms with E-state index in [1.54, 1.807) is 0 Å². The van der Waals surface area contributed by atoms with Crippen molar-refractivity contribution in [2.45, 2.75) is 51.0 Å². The lowest BCUT2D eigenvalue weighted by Crippen LogP contribution is -2.44. The second-order valence-corrected chi connectivity index (χ2v) is 8.26. The number of para-hydroxylation sites is 1. The molecule has 0 spiro atoms. The molecule has 2 aromatic rings. The molecule has 0 aliphatic heterocycles. The highest BCUT2D eigenvalue weighted by atomic mass is 14.9. The molecule has 1 heterocycles. The predicted molar refractivity (Wildman–Crippen MR) is 98.2 cm³/mol. The van der Waals surface area contributed by atoms with Crippen LogP contribution in [0, 0.1) is 11.3 Å². The normalized spacial score (nSPS) is 35.0. The number of hydrogen-bond acceptors (Lipinski definition) is 0. The number of aromatic amines is 1. The van der Waals surface area contributed by atoms with Gasteiger partial charge in [0.1, 0.15) is 0 Å². The predicted octanol–water partition coefficient (Wildman–Crippen LogP) is 5.52. The van der Waals surface area contributed by atoms with E-state index < -0.39 is 0 Å². The Morgan fingerprint density at radius 3 is 2.70 bits per heavy atom. The molecule has 122 valence electrons. The molecule has 0 amide bonds. The minimum Gasteiger partial charge on any atom is -0.661 e. The first-order valence-electron chi connectivity index (χ1n) is 8.77. The van der Waals surface area contributed by atoms with Gasteiger partial charge in [-0.25, -0.2) is 0 Å². The fourth-order valence-electron chi connectivity index (χ4n) is 5.47. The summed E-state index contributed by atoms with van der Waals surface area (Å²) in [5.74, 6) is 1.16. The van der Waals surface area contributed by atoms with Gasteiger partial charge in [-0.2, -0.15) is 7.05 Å². The highest BCUT2D eigenvalue weighted by molar-refractivity contribution is 5.87. The highest BCUT2D eigenvalue weighted by Gasteiger charge is 2.53. The van der Waals surface area contributed by atoms with Gasteiger partial charge in [0.15, 0.2) is 0 Å². The van der Waals surface area contributed by atoms with Gasteiger partial charge in [0.2, 0.25) is 0 Å². The first-order chi connectivity index (χ1) is 10.9. The summed E-state index contributed by atoms with van der Waals surface area (Å²) in [6.45, 7) is 11.3. The SMILES string of the molecule is C=C[C@]1(C)CC[C@H]2[C@@H](c3c([nH]c4ccccc34)C2(C)C)[C@H]1[N-]C. The van der Waals surface area contributed by atoms with Gasteiger partial charge in [0, 0.05) is 22.0 Å². The number of H-pyrrole nitrogens is 1. The second kappa shape index (κ2) is 4.73. The average Bonchev–Trinajstić information content (AvgIpc) is 3.02. The zero-order valence-corrected chi connectivity index (χ0v) is 14.7. The van der Waals surface area contributed by atoms with Gasteiger partial charge < -0.3 is 10.3 Å². The van der Waals surface area contributed by atoms with Crippen LogP contribution in [-0.4, -0.2) is 18.1 Å². The maximum atomic E-state index is 4.88. The van der Waals surface area contributed by atoms with Crippen molar-refractivity contribution in [1.29, 1.82) is 0 Å². The maximum Gasteiger partial charge on any atom is 0.0459 e. The second-order valence-electron chi connectivity index (χ2n) is 8.26. The topological polar surface area (TPSA) is 29.9 Å². The number of likely N-dealkylation sites (N-methyl/N-ethyl adjacent to an activating group) is 1. The number of hydrogen-bond donors (Lipinski definition) is 1. The zero-order valence-electron chi connectivity index (χ0n) is 14.7. The molecule has 1 N–H and O–H groups in total. The van der Waals surface area contributed by atoms with Crippen LogP contribution in [0.5, 0.6) is 0 Å². The van der Waals surface area contributed by atoms with Crippen molar-refractivity contribution in [3.8, 4) is 0 Å². The lowest BCUT2D eigenvalue weighted by atomic mass is 9.59. The van der Waals surface area contributed by atoms with Crippen molar-refractivity contribution in [2.24, 2.45) is 11.3 Å². The largest absolute Gasteiger partial charge is 0.661 e. The van der Waals surface area contributed by atoms with E-state index >= 15 is 0 Å². The van der Waals surface area contributed by atoms with Gasteiger partial charge in [0.25, 0.3) is 0 Å². The van der Waals surface area contributed by atoms with E-state index in [0.717, 1.165) is 0 Å². The third-order valence-corrected chi connectivity index (χ3v) is 6.84. The van der Waals surface area contributed by atoms with Crippen LogP contribution in [0.4, 0.5) is 0 Å². The van der Waals surface area contributed by atoms with Crippen LogP contribution in [0.25, 0.3) is 16.2 Å². The Labute approximate surface area is 139 Å². The van der Waals surface area contributed by atoms with E-state index in [1.807, 2.05) is 7.05 Å². The molecule has 4 atom stereocenters. The van der Waals surface area contributed by atoms with Crippen LogP contribution in [0.3, 0.4) is 0 Å². The maximum absolute atomic E-state index is 4.88. The van der Waals surface area contributed by atoms with Gasteiger partial charge in [-0.05, 0) is 41.7 Å². The number of aromatic nitrogens is 1. The molecule has 4 rings (SSSR count).